The van der Waals surface area contributed by atoms with E-state index in [0.717, 1.165) is 25.7 Å². The Morgan fingerprint density at radius 1 is 1.37 bits per heavy atom. The summed E-state index contributed by atoms with van der Waals surface area (Å²) in [5.74, 6) is 0.353. The zero-order chi connectivity index (χ0) is 13.1. The van der Waals surface area contributed by atoms with Crippen LogP contribution in [0.1, 0.15) is 37.3 Å². The zero-order valence-corrected chi connectivity index (χ0v) is 11.8. The average molecular weight is 290 g/mol. The van der Waals surface area contributed by atoms with Crippen LogP contribution in [0.5, 0.6) is 5.75 Å². The summed E-state index contributed by atoms with van der Waals surface area (Å²) in [6.07, 6.45) is 3.50. The lowest BCUT2D eigenvalue weighted by Gasteiger charge is -2.25. The number of nitrogens with two attached hydrogens (primary N) is 1. The highest BCUT2D eigenvalue weighted by Crippen LogP contribution is 2.33. The molecule has 3 nitrogen and oxygen atoms in total. The van der Waals surface area contributed by atoms with Crippen molar-refractivity contribution in [3.05, 3.63) is 29.6 Å². The van der Waals surface area contributed by atoms with E-state index >= 15 is 0 Å². The van der Waals surface area contributed by atoms with Gasteiger partial charge in [0.1, 0.15) is 11.6 Å². The number of methoxy groups -OCH3 is 1. The van der Waals surface area contributed by atoms with E-state index in [9.17, 15) is 9.50 Å². The van der Waals surface area contributed by atoms with Crippen LogP contribution < -0.4 is 10.5 Å². The van der Waals surface area contributed by atoms with E-state index < -0.39 is 12.1 Å². The summed E-state index contributed by atoms with van der Waals surface area (Å²) in [7, 11) is 1.52. The molecule has 2 atom stereocenters. The van der Waals surface area contributed by atoms with Crippen molar-refractivity contribution in [2.75, 3.05) is 7.11 Å². The molecule has 0 aliphatic heterocycles. The van der Waals surface area contributed by atoms with Gasteiger partial charge in [0, 0.05) is 5.56 Å². The van der Waals surface area contributed by atoms with Crippen LogP contribution >= 0.6 is 12.4 Å². The van der Waals surface area contributed by atoms with Crippen molar-refractivity contribution in [3.63, 3.8) is 0 Å². The topological polar surface area (TPSA) is 55.5 Å². The highest BCUT2D eigenvalue weighted by Gasteiger charge is 2.30. The second-order valence-corrected chi connectivity index (χ2v) is 4.95. The van der Waals surface area contributed by atoms with Crippen molar-refractivity contribution in [2.24, 2.45) is 11.7 Å². The summed E-state index contributed by atoms with van der Waals surface area (Å²) in [6, 6.07) is 3.75. The third-order valence-corrected chi connectivity index (χ3v) is 3.81. The van der Waals surface area contributed by atoms with Gasteiger partial charge in [0.15, 0.2) is 0 Å². The fourth-order valence-electron chi connectivity index (χ4n) is 2.68. The molecule has 1 fully saturated rings. The third kappa shape index (κ3) is 3.59. The molecule has 0 amide bonds. The first-order chi connectivity index (χ1) is 8.63. The van der Waals surface area contributed by atoms with Gasteiger partial charge in [-0.05, 0) is 37.0 Å². The van der Waals surface area contributed by atoms with Gasteiger partial charge in [0.2, 0.25) is 0 Å². The smallest absolute Gasteiger partial charge is 0.128 e. The van der Waals surface area contributed by atoms with Gasteiger partial charge in [0.25, 0.3) is 0 Å². The SMILES string of the molecule is COc1ccc(F)c([C@@H](N)[C@@H](O)C2CCCC2)c1.Cl. The average Bonchev–Trinajstić information content (AvgIpc) is 2.91. The van der Waals surface area contributed by atoms with Gasteiger partial charge >= 0.3 is 0 Å². The lowest BCUT2D eigenvalue weighted by Crippen LogP contribution is -2.32. The maximum atomic E-state index is 13.8. The molecule has 0 saturated heterocycles. The number of hydrogen-bond acceptors (Lipinski definition) is 3. The van der Waals surface area contributed by atoms with Crippen molar-refractivity contribution < 1.29 is 14.2 Å². The number of rotatable bonds is 4. The monoisotopic (exact) mass is 289 g/mol. The summed E-state index contributed by atoms with van der Waals surface area (Å²) in [5, 5.41) is 10.2. The van der Waals surface area contributed by atoms with Crippen LogP contribution in [0.15, 0.2) is 18.2 Å². The molecule has 1 aliphatic rings. The van der Waals surface area contributed by atoms with E-state index in [1.807, 2.05) is 0 Å². The van der Waals surface area contributed by atoms with Gasteiger partial charge in [0.05, 0.1) is 19.3 Å². The van der Waals surface area contributed by atoms with Gasteiger partial charge in [-0.1, -0.05) is 12.8 Å². The quantitative estimate of drug-likeness (QED) is 0.896. The summed E-state index contributed by atoms with van der Waals surface area (Å²) < 4.78 is 18.8. The number of hydrogen-bond donors (Lipinski definition) is 2. The molecule has 2 rings (SSSR count). The lowest BCUT2D eigenvalue weighted by molar-refractivity contribution is 0.0832. The maximum Gasteiger partial charge on any atom is 0.128 e. The fourth-order valence-corrected chi connectivity index (χ4v) is 2.68. The molecule has 0 unspecified atom stereocenters. The van der Waals surface area contributed by atoms with E-state index in [-0.39, 0.29) is 24.1 Å². The molecule has 0 heterocycles. The minimum atomic E-state index is -0.691. The third-order valence-electron chi connectivity index (χ3n) is 3.81. The van der Waals surface area contributed by atoms with E-state index in [2.05, 4.69) is 0 Å². The van der Waals surface area contributed by atoms with Gasteiger partial charge in [-0.15, -0.1) is 12.4 Å². The Morgan fingerprint density at radius 3 is 2.58 bits per heavy atom. The first kappa shape index (κ1) is 16.2. The van der Waals surface area contributed by atoms with Gasteiger partial charge in [-0.25, -0.2) is 4.39 Å². The van der Waals surface area contributed by atoms with Gasteiger partial charge < -0.3 is 15.6 Å². The first-order valence-corrected chi connectivity index (χ1v) is 6.40. The normalized spacial score (nSPS) is 18.7. The van der Waals surface area contributed by atoms with Gasteiger partial charge in [-0.2, -0.15) is 0 Å². The summed E-state index contributed by atoms with van der Waals surface area (Å²) in [5.41, 5.74) is 6.32. The predicted octanol–water partition coefficient (Wildman–Crippen LogP) is 2.81. The van der Waals surface area contributed by atoms with E-state index in [1.54, 1.807) is 12.1 Å². The lowest BCUT2D eigenvalue weighted by atomic mass is 9.90. The molecular weight excluding hydrogens is 269 g/mol. The number of aliphatic hydroxyl groups is 1. The van der Waals surface area contributed by atoms with Crippen molar-refractivity contribution in [1.29, 1.82) is 0 Å². The highest BCUT2D eigenvalue weighted by molar-refractivity contribution is 5.85. The molecule has 1 aromatic carbocycles. The van der Waals surface area contributed by atoms with Crippen molar-refractivity contribution in [2.45, 2.75) is 37.8 Å². The Kier molecular flexibility index (Phi) is 6.04. The second-order valence-electron chi connectivity index (χ2n) is 4.95. The molecular formula is C14H21ClFNO2. The molecule has 3 N–H and O–H groups in total. The van der Waals surface area contributed by atoms with Crippen LogP contribution in [0.25, 0.3) is 0 Å². The molecule has 1 aliphatic carbocycles. The number of halogens is 2. The standard InChI is InChI=1S/C14H20FNO2.ClH/c1-18-10-6-7-12(15)11(8-10)13(16)14(17)9-4-2-3-5-9;/h6-9,13-14,17H,2-5,16H2,1H3;1H/t13-,14+;/m1./s1. The van der Waals surface area contributed by atoms with Crippen molar-refractivity contribution >= 4 is 12.4 Å². The van der Waals surface area contributed by atoms with Crippen LogP contribution in [-0.2, 0) is 0 Å². The van der Waals surface area contributed by atoms with E-state index in [4.69, 9.17) is 10.5 Å². The van der Waals surface area contributed by atoms with Crippen LogP contribution in [0.2, 0.25) is 0 Å². The molecule has 19 heavy (non-hydrogen) atoms. The number of aliphatic hydroxyl groups excluding tert-OH is 1. The molecule has 0 radical (unpaired) electrons. The summed E-state index contributed by atoms with van der Waals surface area (Å²) in [6.45, 7) is 0. The minimum Gasteiger partial charge on any atom is -0.497 e. The van der Waals surface area contributed by atoms with Gasteiger partial charge in [-0.3, -0.25) is 0 Å². The fraction of sp³-hybridized carbons (Fsp3) is 0.571. The Balaban J connectivity index is 0.00000180. The largest absolute Gasteiger partial charge is 0.497 e. The molecule has 5 heteroatoms. The predicted molar refractivity (Wildman–Crippen MR) is 75.1 cm³/mol. The van der Waals surface area contributed by atoms with Crippen molar-refractivity contribution in [3.8, 4) is 5.75 Å². The van der Waals surface area contributed by atoms with Crippen molar-refractivity contribution in [1.82, 2.24) is 0 Å². The van der Waals surface area contributed by atoms with E-state index in [0.29, 0.717) is 11.3 Å². The Bertz CT molecular complexity index is 410. The number of ether oxygens (including phenoxy) is 1. The zero-order valence-electron chi connectivity index (χ0n) is 11.0. The van der Waals surface area contributed by atoms with Crippen LogP contribution in [0.4, 0.5) is 4.39 Å². The summed E-state index contributed by atoms with van der Waals surface area (Å²) in [4.78, 5) is 0. The van der Waals surface area contributed by atoms with Crippen LogP contribution in [-0.4, -0.2) is 18.3 Å². The molecule has 0 spiro atoms. The molecule has 0 aromatic heterocycles. The number of benzene rings is 1. The molecule has 1 saturated carbocycles. The Labute approximate surface area is 119 Å². The molecule has 108 valence electrons. The van der Waals surface area contributed by atoms with Crippen LogP contribution in [0, 0.1) is 11.7 Å². The van der Waals surface area contributed by atoms with Crippen LogP contribution in [0.3, 0.4) is 0 Å². The highest BCUT2D eigenvalue weighted by atomic mass is 35.5. The Morgan fingerprint density at radius 2 is 2.00 bits per heavy atom. The maximum absolute atomic E-state index is 13.8. The summed E-state index contributed by atoms with van der Waals surface area (Å²) >= 11 is 0. The second kappa shape index (κ2) is 7.08. The Hall–Kier alpha value is -0.840. The molecule has 0 bridgehead atoms. The minimum absolute atomic E-state index is 0. The first-order valence-electron chi connectivity index (χ1n) is 6.40. The molecule has 1 aromatic rings. The van der Waals surface area contributed by atoms with E-state index in [1.165, 1.54) is 13.2 Å².